The summed E-state index contributed by atoms with van der Waals surface area (Å²) in [6.45, 7) is 7.61. The lowest BCUT2D eigenvalue weighted by Crippen LogP contribution is -2.28. The van der Waals surface area contributed by atoms with Crippen LogP contribution in [0.1, 0.15) is 64.6 Å². The standard InChI is InChI=1S/C17H30N4/c1-3-10-15-19-16(18-11-4-2)14-17(20-15)21-12-8-6-5-7-9-13-21/h14H,3-13H2,1-2H3,(H,18,19,20). The Kier molecular flexibility index (Phi) is 6.77. The van der Waals surface area contributed by atoms with Gasteiger partial charge in [-0.15, -0.1) is 0 Å². The van der Waals surface area contributed by atoms with Crippen molar-refractivity contribution < 1.29 is 0 Å². The van der Waals surface area contributed by atoms with E-state index >= 15 is 0 Å². The summed E-state index contributed by atoms with van der Waals surface area (Å²) in [5.74, 6) is 3.09. The van der Waals surface area contributed by atoms with Gasteiger partial charge in [-0.25, -0.2) is 9.97 Å². The van der Waals surface area contributed by atoms with Gasteiger partial charge in [0.2, 0.25) is 0 Å². The largest absolute Gasteiger partial charge is 0.370 e. The van der Waals surface area contributed by atoms with E-state index in [9.17, 15) is 0 Å². The van der Waals surface area contributed by atoms with Crippen molar-refractivity contribution in [2.24, 2.45) is 0 Å². The van der Waals surface area contributed by atoms with Crippen molar-refractivity contribution in [2.45, 2.75) is 65.2 Å². The molecule has 1 aliphatic heterocycles. The molecular weight excluding hydrogens is 260 g/mol. The van der Waals surface area contributed by atoms with Crippen molar-refractivity contribution in [3.8, 4) is 0 Å². The van der Waals surface area contributed by atoms with E-state index in [0.29, 0.717) is 0 Å². The number of nitrogens with one attached hydrogen (secondary N) is 1. The zero-order valence-electron chi connectivity index (χ0n) is 13.7. The van der Waals surface area contributed by atoms with E-state index in [1.807, 2.05) is 0 Å². The molecule has 0 amide bonds. The predicted octanol–water partition coefficient (Wildman–Crippen LogP) is 4.02. The van der Waals surface area contributed by atoms with Crippen LogP contribution in [0.2, 0.25) is 0 Å². The number of aromatic nitrogens is 2. The fourth-order valence-corrected chi connectivity index (χ4v) is 2.80. The molecule has 1 N–H and O–H groups in total. The highest BCUT2D eigenvalue weighted by molar-refractivity contribution is 5.49. The van der Waals surface area contributed by atoms with Crippen molar-refractivity contribution in [2.75, 3.05) is 29.9 Å². The van der Waals surface area contributed by atoms with Crippen molar-refractivity contribution >= 4 is 11.6 Å². The molecule has 2 heterocycles. The molecule has 1 aliphatic rings. The van der Waals surface area contributed by atoms with Crippen LogP contribution in [0, 0.1) is 0 Å². The van der Waals surface area contributed by atoms with E-state index in [2.05, 4.69) is 35.1 Å². The summed E-state index contributed by atoms with van der Waals surface area (Å²) in [6, 6.07) is 2.14. The van der Waals surface area contributed by atoms with Gasteiger partial charge in [0.15, 0.2) is 0 Å². The average molecular weight is 290 g/mol. The average Bonchev–Trinajstić information content (AvgIpc) is 2.45. The molecule has 0 unspecified atom stereocenters. The van der Waals surface area contributed by atoms with Crippen molar-refractivity contribution in [3.05, 3.63) is 11.9 Å². The van der Waals surface area contributed by atoms with Crippen LogP contribution in [0.5, 0.6) is 0 Å². The maximum atomic E-state index is 4.80. The third-order valence-corrected chi connectivity index (χ3v) is 3.97. The number of nitrogens with zero attached hydrogens (tertiary/aromatic N) is 3. The Bertz CT molecular complexity index is 411. The monoisotopic (exact) mass is 290 g/mol. The molecule has 1 aromatic rings. The van der Waals surface area contributed by atoms with E-state index in [-0.39, 0.29) is 0 Å². The summed E-state index contributed by atoms with van der Waals surface area (Å²) >= 11 is 0. The van der Waals surface area contributed by atoms with Gasteiger partial charge in [0.25, 0.3) is 0 Å². The van der Waals surface area contributed by atoms with E-state index in [1.54, 1.807) is 0 Å². The van der Waals surface area contributed by atoms with Crippen molar-refractivity contribution in [3.63, 3.8) is 0 Å². The molecule has 0 aliphatic carbocycles. The molecule has 4 heteroatoms. The van der Waals surface area contributed by atoms with Crippen molar-refractivity contribution in [1.29, 1.82) is 0 Å². The van der Waals surface area contributed by atoms with Gasteiger partial charge in [-0.3, -0.25) is 0 Å². The topological polar surface area (TPSA) is 41.0 Å². The molecule has 0 atom stereocenters. The van der Waals surface area contributed by atoms with Gasteiger partial charge in [-0.05, 0) is 25.7 Å². The first-order valence-corrected chi connectivity index (χ1v) is 8.70. The molecule has 118 valence electrons. The number of anilines is 2. The second-order valence-electron chi connectivity index (χ2n) is 5.96. The molecular formula is C17H30N4. The Balaban J connectivity index is 2.16. The highest BCUT2D eigenvalue weighted by Gasteiger charge is 2.13. The second-order valence-corrected chi connectivity index (χ2v) is 5.96. The molecule has 1 fully saturated rings. The van der Waals surface area contributed by atoms with Gasteiger partial charge in [0.05, 0.1) is 0 Å². The zero-order valence-corrected chi connectivity index (χ0v) is 13.7. The molecule has 0 bridgehead atoms. The molecule has 1 saturated heterocycles. The van der Waals surface area contributed by atoms with Gasteiger partial charge in [0, 0.05) is 32.1 Å². The molecule has 21 heavy (non-hydrogen) atoms. The number of rotatable bonds is 6. The Morgan fingerprint density at radius 1 is 1.00 bits per heavy atom. The van der Waals surface area contributed by atoms with Crippen LogP contribution in [0.25, 0.3) is 0 Å². The Morgan fingerprint density at radius 3 is 2.38 bits per heavy atom. The summed E-state index contributed by atoms with van der Waals surface area (Å²) in [5.41, 5.74) is 0. The first-order chi connectivity index (χ1) is 10.3. The second kappa shape index (κ2) is 8.85. The Hall–Kier alpha value is -1.32. The third-order valence-electron chi connectivity index (χ3n) is 3.97. The summed E-state index contributed by atoms with van der Waals surface area (Å²) in [5, 5.41) is 3.42. The van der Waals surface area contributed by atoms with Crippen LogP contribution >= 0.6 is 0 Å². The summed E-state index contributed by atoms with van der Waals surface area (Å²) < 4.78 is 0. The third kappa shape index (κ3) is 5.18. The lowest BCUT2D eigenvalue weighted by molar-refractivity contribution is 0.553. The lowest BCUT2D eigenvalue weighted by Gasteiger charge is -2.26. The van der Waals surface area contributed by atoms with Gasteiger partial charge in [0.1, 0.15) is 17.5 Å². The van der Waals surface area contributed by atoms with Gasteiger partial charge in [-0.1, -0.05) is 33.1 Å². The fourth-order valence-electron chi connectivity index (χ4n) is 2.80. The van der Waals surface area contributed by atoms with Crippen LogP contribution in [0.3, 0.4) is 0 Å². The molecule has 0 aromatic carbocycles. The van der Waals surface area contributed by atoms with Gasteiger partial charge < -0.3 is 10.2 Å². The lowest BCUT2D eigenvalue weighted by atomic mass is 10.1. The summed E-state index contributed by atoms with van der Waals surface area (Å²) in [7, 11) is 0. The molecule has 1 aromatic heterocycles. The maximum absolute atomic E-state index is 4.80. The smallest absolute Gasteiger partial charge is 0.134 e. The summed E-state index contributed by atoms with van der Waals surface area (Å²) in [6.07, 6.45) is 9.83. The van der Waals surface area contributed by atoms with E-state index in [0.717, 1.165) is 56.4 Å². The zero-order chi connectivity index (χ0) is 14.9. The van der Waals surface area contributed by atoms with Gasteiger partial charge in [-0.2, -0.15) is 0 Å². The normalized spacial score (nSPS) is 16.4. The number of hydrogen-bond donors (Lipinski definition) is 1. The van der Waals surface area contributed by atoms with Crippen LogP contribution in [-0.2, 0) is 6.42 Å². The fraction of sp³-hybridized carbons (Fsp3) is 0.765. The van der Waals surface area contributed by atoms with E-state index in [1.165, 1.54) is 32.1 Å². The molecule has 0 spiro atoms. The SMILES string of the molecule is CCCNc1cc(N2CCCCCCC2)nc(CCC)n1. The van der Waals surface area contributed by atoms with Crippen LogP contribution < -0.4 is 10.2 Å². The number of aryl methyl sites for hydroxylation is 1. The van der Waals surface area contributed by atoms with Crippen LogP contribution in [-0.4, -0.2) is 29.6 Å². The molecule has 4 nitrogen and oxygen atoms in total. The minimum Gasteiger partial charge on any atom is -0.370 e. The van der Waals surface area contributed by atoms with Gasteiger partial charge >= 0.3 is 0 Å². The molecule has 0 saturated carbocycles. The number of hydrogen-bond acceptors (Lipinski definition) is 4. The maximum Gasteiger partial charge on any atom is 0.134 e. The van der Waals surface area contributed by atoms with Crippen molar-refractivity contribution in [1.82, 2.24) is 9.97 Å². The predicted molar refractivity (Wildman–Crippen MR) is 90.1 cm³/mol. The molecule has 0 radical (unpaired) electrons. The Morgan fingerprint density at radius 2 is 1.71 bits per heavy atom. The van der Waals surface area contributed by atoms with E-state index in [4.69, 9.17) is 4.98 Å². The first-order valence-electron chi connectivity index (χ1n) is 8.70. The van der Waals surface area contributed by atoms with E-state index < -0.39 is 0 Å². The molecule has 2 rings (SSSR count). The quantitative estimate of drug-likeness (QED) is 0.859. The highest BCUT2D eigenvalue weighted by atomic mass is 15.2. The first kappa shape index (κ1) is 16.1. The van der Waals surface area contributed by atoms with Crippen LogP contribution in [0.15, 0.2) is 6.07 Å². The summed E-state index contributed by atoms with van der Waals surface area (Å²) in [4.78, 5) is 11.9. The highest BCUT2D eigenvalue weighted by Crippen LogP contribution is 2.20. The minimum absolute atomic E-state index is 0.961. The Labute approximate surface area is 129 Å². The van der Waals surface area contributed by atoms with Crippen LogP contribution in [0.4, 0.5) is 11.6 Å². The minimum atomic E-state index is 0.961.